The molecule has 1 fully saturated rings. The van der Waals surface area contributed by atoms with E-state index >= 15 is 0 Å². The van der Waals surface area contributed by atoms with Crippen LogP contribution in [0.2, 0.25) is 10.0 Å². The highest BCUT2D eigenvalue weighted by atomic mass is 35.5. The Kier molecular flexibility index (Phi) is 6.75. The summed E-state index contributed by atoms with van der Waals surface area (Å²) < 4.78 is 27.2. The van der Waals surface area contributed by atoms with Crippen molar-refractivity contribution >= 4 is 33.2 Å². The highest BCUT2D eigenvalue weighted by Gasteiger charge is 2.24. The van der Waals surface area contributed by atoms with Crippen molar-refractivity contribution in [2.75, 3.05) is 13.1 Å². The Morgan fingerprint density at radius 2 is 1.87 bits per heavy atom. The molecule has 1 aliphatic rings. The molecule has 7 heteroatoms. The molecule has 1 heterocycles. The van der Waals surface area contributed by atoms with Gasteiger partial charge < -0.3 is 0 Å². The number of hydrogen-bond acceptors (Lipinski definition) is 3. The number of rotatable bonds is 6. The fourth-order valence-electron chi connectivity index (χ4n) is 3.15. The van der Waals surface area contributed by atoms with Crippen molar-refractivity contribution in [2.24, 2.45) is 0 Å². The molecule has 23 heavy (non-hydrogen) atoms. The standard InChI is InChI=1S/C16H24Cl2N2O2S/c1-12-6-3-7-13(2)20(12)11-5-10-19-23(21,22)15-9-4-8-14(17)16(15)18/h4,8-9,12-13,19H,3,5-7,10-11H2,1-2H3. The van der Waals surface area contributed by atoms with E-state index in [4.69, 9.17) is 23.2 Å². The Morgan fingerprint density at radius 1 is 1.22 bits per heavy atom. The van der Waals surface area contributed by atoms with Crippen LogP contribution < -0.4 is 4.72 Å². The normalized spacial score (nSPS) is 23.1. The van der Waals surface area contributed by atoms with Gasteiger partial charge in [-0.2, -0.15) is 0 Å². The Labute approximate surface area is 149 Å². The van der Waals surface area contributed by atoms with Crippen LogP contribution in [-0.4, -0.2) is 38.5 Å². The average Bonchev–Trinajstić information content (AvgIpc) is 2.48. The molecular formula is C16H24Cl2N2O2S. The average molecular weight is 379 g/mol. The van der Waals surface area contributed by atoms with E-state index in [2.05, 4.69) is 23.5 Å². The summed E-state index contributed by atoms with van der Waals surface area (Å²) >= 11 is 11.9. The second-order valence-corrected chi connectivity index (χ2v) is 8.69. The Bertz CT molecular complexity index is 627. The van der Waals surface area contributed by atoms with Crippen molar-refractivity contribution in [3.8, 4) is 0 Å². The van der Waals surface area contributed by atoms with Gasteiger partial charge in [-0.1, -0.05) is 35.7 Å². The third-order valence-electron chi connectivity index (χ3n) is 4.47. The van der Waals surface area contributed by atoms with E-state index in [1.54, 1.807) is 12.1 Å². The smallest absolute Gasteiger partial charge is 0.242 e. The van der Waals surface area contributed by atoms with Gasteiger partial charge in [0.1, 0.15) is 4.90 Å². The van der Waals surface area contributed by atoms with Crippen molar-refractivity contribution in [1.82, 2.24) is 9.62 Å². The number of hydrogen-bond donors (Lipinski definition) is 1. The van der Waals surface area contributed by atoms with Crippen LogP contribution in [0.3, 0.4) is 0 Å². The van der Waals surface area contributed by atoms with Gasteiger partial charge in [0.15, 0.2) is 0 Å². The van der Waals surface area contributed by atoms with Crippen LogP contribution in [-0.2, 0) is 10.0 Å². The minimum absolute atomic E-state index is 0.0337. The van der Waals surface area contributed by atoms with E-state index < -0.39 is 10.0 Å². The van der Waals surface area contributed by atoms with Crippen LogP contribution in [0.5, 0.6) is 0 Å². The Morgan fingerprint density at radius 3 is 2.52 bits per heavy atom. The van der Waals surface area contributed by atoms with Crippen LogP contribution in [0.15, 0.2) is 23.1 Å². The second-order valence-electron chi connectivity index (χ2n) is 6.17. The van der Waals surface area contributed by atoms with Crippen molar-refractivity contribution < 1.29 is 8.42 Å². The van der Waals surface area contributed by atoms with Crippen LogP contribution in [0.25, 0.3) is 0 Å². The predicted octanol–water partition coefficient (Wildman–Crippen LogP) is 3.92. The molecule has 2 rings (SSSR count). The van der Waals surface area contributed by atoms with Crippen molar-refractivity contribution in [1.29, 1.82) is 0 Å². The van der Waals surface area contributed by atoms with E-state index in [0.29, 0.717) is 18.6 Å². The van der Waals surface area contributed by atoms with Crippen LogP contribution >= 0.6 is 23.2 Å². The zero-order valence-corrected chi connectivity index (χ0v) is 15.9. The molecule has 130 valence electrons. The molecule has 0 amide bonds. The molecule has 0 spiro atoms. The van der Waals surface area contributed by atoms with Gasteiger partial charge in [0.05, 0.1) is 10.0 Å². The topological polar surface area (TPSA) is 49.4 Å². The van der Waals surface area contributed by atoms with Gasteiger partial charge >= 0.3 is 0 Å². The molecule has 1 saturated heterocycles. The lowest BCUT2D eigenvalue weighted by atomic mass is 9.97. The zero-order valence-electron chi connectivity index (χ0n) is 13.6. The summed E-state index contributed by atoms with van der Waals surface area (Å²) in [7, 11) is -3.63. The summed E-state index contributed by atoms with van der Waals surface area (Å²) in [5, 5.41) is 0.311. The first-order valence-corrected chi connectivity index (χ1v) is 10.3. The number of nitrogens with one attached hydrogen (secondary N) is 1. The molecule has 1 aromatic rings. The lowest BCUT2D eigenvalue weighted by Crippen LogP contribution is -2.44. The van der Waals surface area contributed by atoms with Gasteiger partial charge in [-0.25, -0.2) is 13.1 Å². The zero-order chi connectivity index (χ0) is 17.0. The van der Waals surface area contributed by atoms with Gasteiger partial charge in [-0.3, -0.25) is 4.90 Å². The Balaban J connectivity index is 1.89. The molecule has 1 aromatic carbocycles. The molecule has 4 nitrogen and oxygen atoms in total. The summed E-state index contributed by atoms with van der Waals surface area (Å²) in [5.74, 6) is 0. The number of piperidine rings is 1. The summed E-state index contributed by atoms with van der Waals surface area (Å²) in [6.07, 6.45) is 4.48. The Hall–Kier alpha value is -0.330. The molecule has 1 aliphatic heterocycles. The molecule has 2 unspecified atom stereocenters. The maximum atomic E-state index is 12.3. The molecule has 0 saturated carbocycles. The van der Waals surface area contributed by atoms with Gasteiger partial charge in [0.25, 0.3) is 0 Å². The molecular weight excluding hydrogens is 355 g/mol. The quantitative estimate of drug-likeness (QED) is 0.762. The number of halogens is 2. The van der Waals surface area contributed by atoms with Crippen molar-refractivity contribution in [2.45, 2.75) is 56.5 Å². The van der Waals surface area contributed by atoms with E-state index in [0.717, 1.165) is 13.0 Å². The fraction of sp³-hybridized carbons (Fsp3) is 0.625. The fourth-order valence-corrected chi connectivity index (χ4v) is 4.99. The summed E-state index contributed by atoms with van der Waals surface area (Å²) in [6, 6.07) is 5.75. The van der Waals surface area contributed by atoms with Crippen molar-refractivity contribution in [3.63, 3.8) is 0 Å². The number of nitrogens with zero attached hydrogens (tertiary/aromatic N) is 1. The summed E-state index contributed by atoms with van der Waals surface area (Å²) in [4.78, 5) is 2.50. The molecule has 0 radical (unpaired) electrons. The maximum absolute atomic E-state index is 12.3. The minimum Gasteiger partial charge on any atom is -0.298 e. The van der Waals surface area contributed by atoms with Crippen molar-refractivity contribution in [3.05, 3.63) is 28.2 Å². The third-order valence-corrected chi connectivity index (χ3v) is 6.90. The molecule has 2 atom stereocenters. The van der Waals surface area contributed by atoms with Gasteiger partial charge in [0.2, 0.25) is 10.0 Å². The van der Waals surface area contributed by atoms with E-state index in [9.17, 15) is 8.42 Å². The number of benzene rings is 1. The van der Waals surface area contributed by atoms with Crippen LogP contribution in [0, 0.1) is 0 Å². The second kappa shape index (κ2) is 8.17. The van der Waals surface area contributed by atoms with Crippen LogP contribution in [0.4, 0.5) is 0 Å². The molecule has 0 aliphatic carbocycles. The predicted molar refractivity (Wildman–Crippen MR) is 95.7 cm³/mol. The third kappa shape index (κ3) is 4.83. The first-order valence-electron chi connectivity index (χ1n) is 8.02. The monoisotopic (exact) mass is 378 g/mol. The maximum Gasteiger partial charge on any atom is 0.242 e. The van der Waals surface area contributed by atoms with Gasteiger partial charge in [-0.15, -0.1) is 0 Å². The van der Waals surface area contributed by atoms with E-state index in [1.165, 1.54) is 25.3 Å². The largest absolute Gasteiger partial charge is 0.298 e. The van der Waals surface area contributed by atoms with Gasteiger partial charge in [-0.05, 0) is 51.8 Å². The lowest BCUT2D eigenvalue weighted by Gasteiger charge is -2.39. The molecule has 0 bridgehead atoms. The van der Waals surface area contributed by atoms with Gasteiger partial charge in [0, 0.05) is 18.6 Å². The molecule has 0 aromatic heterocycles. The molecule has 1 N–H and O–H groups in total. The van der Waals surface area contributed by atoms with E-state index in [1.807, 2.05) is 0 Å². The summed E-state index contributed by atoms with van der Waals surface area (Å²) in [5.41, 5.74) is 0. The van der Waals surface area contributed by atoms with E-state index in [-0.39, 0.29) is 14.9 Å². The highest BCUT2D eigenvalue weighted by Crippen LogP contribution is 2.28. The number of likely N-dealkylation sites (tertiary alicyclic amines) is 1. The lowest BCUT2D eigenvalue weighted by molar-refractivity contribution is 0.103. The van der Waals surface area contributed by atoms with Crippen LogP contribution in [0.1, 0.15) is 39.5 Å². The highest BCUT2D eigenvalue weighted by molar-refractivity contribution is 7.89. The minimum atomic E-state index is -3.63. The SMILES string of the molecule is CC1CCCC(C)N1CCCNS(=O)(=O)c1cccc(Cl)c1Cl. The number of sulfonamides is 1. The summed E-state index contributed by atoms with van der Waals surface area (Å²) in [6.45, 7) is 5.77. The first kappa shape index (κ1) is 19.0. The first-order chi connectivity index (χ1) is 10.8.